The van der Waals surface area contributed by atoms with Gasteiger partial charge in [-0.25, -0.2) is 0 Å². The molecule has 0 bridgehead atoms. The van der Waals surface area contributed by atoms with E-state index in [1.807, 2.05) is 0 Å². The summed E-state index contributed by atoms with van der Waals surface area (Å²) >= 11 is 0. The summed E-state index contributed by atoms with van der Waals surface area (Å²) in [7, 11) is 0. The quantitative estimate of drug-likeness (QED) is 0.337. The van der Waals surface area contributed by atoms with Crippen LogP contribution in [0.2, 0.25) is 0 Å². The molecule has 0 amide bonds. The predicted octanol–water partition coefficient (Wildman–Crippen LogP) is -2.44. The van der Waals surface area contributed by atoms with Crippen LogP contribution in [0.1, 0.15) is 1.37 Å². The molecule has 0 aliphatic carbocycles. The fourth-order valence-electron chi connectivity index (χ4n) is 1.52. The predicted molar refractivity (Wildman–Crippen MR) is 52.0 cm³/mol. The summed E-state index contributed by atoms with van der Waals surface area (Å²) in [5.74, 6) is 0. The third-order valence-electron chi connectivity index (χ3n) is 2.37. The molecule has 5 N–H and O–H groups in total. The van der Waals surface area contributed by atoms with E-state index in [1.54, 1.807) is 0 Å². The van der Waals surface area contributed by atoms with Crippen molar-refractivity contribution in [3.8, 4) is 0 Å². The van der Waals surface area contributed by atoms with E-state index in [2.05, 4.69) is 5.32 Å². The zero-order valence-electron chi connectivity index (χ0n) is 9.15. The van der Waals surface area contributed by atoms with Gasteiger partial charge in [0.05, 0.1) is 14.0 Å². The summed E-state index contributed by atoms with van der Waals surface area (Å²) in [6.45, 7) is 0.860. The normalized spacial score (nSPS) is 43.2. The first kappa shape index (κ1) is 11.0. The first-order chi connectivity index (χ1) is 7.61. The zero-order valence-corrected chi connectivity index (χ0v) is 8.15. The summed E-state index contributed by atoms with van der Waals surface area (Å²) < 4.78 is 11.7. The third kappa shape index (κ3) is 2.75. The van der Waals surface area contributed by atoms with E-state index >= 15 is 0 Å². The first-order valence-electron chi connectivity index (χ1n) is 5.26. The van der Waals surface area contributed by atoms with Crippen LogP contribution >= 0.6 is 0 Å². The minimum absolute atomic E-state index is 0.266. The fraction of sp³-hybridized carbons (Fsp3) is 0.778. The highest BCUT2D eigenvalue weighted by Crippen LogP contribution is 2.19. The van der Waals surface area contributed by atoms with Gasteiger partial charge in [0.1, 0.15) is 18.3 Å². The Morgan fingerprint density at radius 1 is 1.40 bits per heavy atom. The lowest BCUT2D eigenvalue weighted by molar-refractivity contribution is -0.254. The third-order valence-corrected chi connectivity index (χ3v) is 2.37. The maximum absolute atomic E-state index is 9.67. The maximum atomic E-state index is 9.67. The lowest BCUT2D eigenvalue weighted by Crippen LogP contribution is -2.63. The molecule has 1 heterocycles. The van der Waals surface area contributed by atoms with Gasteiger partial charge in [0.15, 0.2) is 6.29 Å². The Hall–Kier alpha value is -0.500. The highest BCUT2D eigenvalue weighted by atomic mass is 16.6. The van der Waals surface area contributed by atoms with Gasteiger partial charge in [0, 0.05) is 6.54 Å². The topological polar surface area (TPSA) is 102 Å². The van der Waals surface area contributed by atoms with Crippen molar-refractivity contribution >= 4 is 0 Å². The Balaban J connectivity index is 2.57. The molecule has 0 aromatic rings. The van der Waals surface area contributed by atoms with E-state index in [1.165, 1.54) is 6.08 Å². The molecular weight excluding hydrogens is 202 g/mol. The summed E-state index contributed by atoms with van der Waals surface area (Å²) in [5, 5.41) is 40.3. The molecule has 0 radical (unpaired) electrons. The van der Waals surface area contributed by atoms with Crippen LogP contribution < -0.4 is 5.32 Å². The SMILES string of the molecule is [2H]C=CCN[C@H]1C(O)O[C@H](CO)[C@H](O)[C@@H]1O. The molecule has 1 rings (SSSR count). The second kappa shape index (κ2) is 5.55. The average molecular weight is 220 g/mol. The number of rotatable bonds is 4. The molecule has 88 valence electrons. The van der Waals surface area contributed by atoms with Gasteiger partial charge in [-0.2, -0.15) is 0 Å². The van der Waals surface area contributed by atoms with Gasteiger partial charge in [-0.05, 0) is 0 Å². The molecule has 1 unspecified atom stereocenters. The molecule has 6 heteroatoms. The van der Waals surface area contributed by atoms with E-state index in [0.717, 1.165) is 6.55 Å². The van der Waals surface area contributed by atoms with Gasteiger partial charge in [0.25, 0.3) is 0 Å². The van der Waals surface area contributed by atoms with Crippen LogP contribution in [0.5, 0.6) is 0 Å². The van der Waals surface area contributed by atoms with Gasteiger partial charge in [-0.3, -0.25) is 0 Å². The highest BCUT2D eigenvalue weighted by molar-refractivity contribution is 4.93. The molecule has 1 saturated heterocycles. The molecule has 1 fully saturated rings. The van der Waals surface area contributed by atoms with Crippen LogP contribution in [0.15, 0.2) is 12.6 Å². The van der Waals surface area contributed by atoms with Gasteiger partial charge >= 0.3 is 0 Å². The molecule has 15 heavy (non-hydrogen) atoms. The van der Waals surface area contributed by atoms with Crippen LogP contribution in [0.3, 0.4) is 0 Å². The largest absolute Gasteiger partial charge is 0.394 e. The highest BCUT2D eigenvalue weighted by Gasteiger charge is 2.43. The summed E-state index contributed by atoms with van der Waals surface area (Å²) in [6.07, 6.45) is -3.32. The number of hydrogen-bond donors (Lipinski definition) is 5. The molecule has 1 aliphatic heterocycles. The van der Waals surface area contributed by atoms with Crippen molar-refractivity contribution < 1.29 is 26.5 Å². The summed E-state index contributed by atoms with van der Waals surface area (Å²) in [5.41, 5.74) is 0. The van der Waals surface area contributed by atoms with Gasteiger partial charge in [-0.15, -0.1) is 6.55 Å². The Morgan fingerprint density at radius 3 is 2.73 bits per heavy atom. The van der Waals surface area contributed by atoms with E-state index < -0.39 is 37.3 Å². The van der Waals surface area contributed by atoms with Crippen LogP contribution in [0, 0.1) is 0 Å². The van der Waals surface area contributed by atoms with Crippen molar-refractivity contribution in [3.05, 3.63) is 12.6 Å². The maximum Gasteiger partial charge on any atom is 0.173 e. The number of aliphatic hydroxyl groups is 4. The standard InChI is InChI=1S/C9H17NO5/c1-2-3-10-6-8(13)7(12)5(4-11)15-9(6)14/h2,5-14H,1,3-4H2/t5-,6-,7+,8-,9?/m1/s1/i1D. The summed E-state index contributed by atoms with van der Waals surface area (Å²) in [4.78, 5) is 0. The van der Waals surface area contributed by atoms with Crippen molar-refractivity contribution in [1.82, 2.24) is 5.32 Å². The number of ether oxygens (including phenoxy) is 1. The Bertz CT molecular complexity index is 240. The van der Waals surface area contributed by atoms with Crippen LogP contribution in [0.25, 0.3) is 0 Å². The second-order valence-electron chi connectivity index (χ2n) is 3.40. The number of hydrogen-bond acceptors (Lipinski definition) is 6. The minimum atomic E-state index is -1.31. The van der Waals surface area contributed by atoms with Crippen molar-refractivity contribution in [2.24, 2.45) is 0 Å². The van der Waals surface area contributed by atoms with Crippen molar-refractivity contribution in [2.75, 3.05) is 13.2 Å². The molecule has 0 spiro atoms. The molecule has 0 aromatic heterocycles. The van der Waals surface area contributed by atoms with Crippen molar-refractivity contribution in [1.29, 1.82) is 0 Å². The molecular formula is C9H17NO5. The zero-order chi connectivity index (χ0) is 12.1. The van der Waals surface area contributed by atoms with Crippen LogP contribution in [-0.2, 0) is 4.74 Å². The van der Waals surface area contributed by atoms with Gasteiger partial charge in [0.2, 0.25) is 0 Å². The van der Waals surface area contributed by atoms with Crippen LogP contribution in [-0.4, -0.2) is 64.2 Å². The number of aliphatic hydroxyl groups excluding tert-OH is 4. The lowest BCUT2D eigenvalue weighted by Gasteiger charge is -2.40. The van der Waals surface area contributed by atoms with E-state index in [-0.39, 0.29) is 6.54 Å². The monoisotopic (exact) mass is 220 g/mol. The first-order valence-corrected chi connectivity index (χ1v) is 4.69. The lowest BCUT2D eigenvalue weighted by atomic mass is 9.97. The molecule has 0 aromatic carbocycles. The summed E-state index contributed by atoms with van der Waals surface area (Å²) in [6, 6.07) is -0.853. The van der Waals surface area contributed by atoms with Crippen molar-refractivity contribution in [2.45, 2.75) is 30.6 Å². The molecule has 5 atom stereocenters. The minimum Gasteiger partial charge on any atom is -0.394 e. The Labute approximate surface area is 89.2 Å². The number of nitrogens with one attached hydrogen (secondary N) is 1. The molecule has 1 aliphatic rings. The van der Waals surface area contributed by atoms with E-state index in [0.29, 0.717) is 0 Å². The van der Waals surface area contributed by atoms with Crippen LogP contribution in [0.4, 0.5) is 0 Å². The second-order valence-corrected chi connectivity index (χ2v) is 3.40. The Morgan fingerprint density at radius 2 is 2.13 bits per heavy atom. The van der Waals surface area contributed by atoms with Gasteiger partial charge < -0.3 is 30.5 Å². The van der Waals surface area contributed by atoms with E-state index in [4.69, 9.17) is 11.2 Å². The smallest absolute Gasteiger partial charge is 0.173 e. The molecule has 6 nitrogen and oxygen atoms in total. The van der Waals surface area contributed by atoms with Crippen molar-refractivity contribution in [3.63, 3.8) is 0 Å². The Kier molecular flexibility index (Phi) is 4.07. The average Bonchev–Trinajstić information content (AvgIpc) is 2.28. The van der Waals surface area contributed by atoms with Gasteiger partial charge in [-0.1, -0.05) is 6.08 Å². The fourth-order valence-corrected chi connectivity index (χ4v) is 1.52. The molecule has 0 saturated carbocycles. The van der Waals surface area contributed by atoms with E-state index in [9.17, 15) is 15.3 Å².